The summed E-state index contributed by atoms with van der Waals surface area (Å²) in [6.45, 7) is 21.4. The van der Waals surface area contributed by atoms with Gasteiger partial charge in [0, 0.05) is 0 Å². The van der Waals surface area contributed by atoms with E-state index in [0.29, 0.717) is 11.5 Å². The zero-order valence-corrected chi connectivity index (χ0v) is 23.9. The van der Waals surface area contributed by atoms with Crippen LogP contribution in [0.3, 0.4) is 0 Å². The molecule has 0 heterocycles. The van der Waals surface area contributed by atoms with E-state index in [0.717, 1.165) is 35.1 Å². The highest BCUT2D eigenvalue weighted by atomic mass is 16.3. The van der Waals surface area contributed by atoms with E-state index in [1.807, 2.05) is 12.1 Å². The van der Waals surface area contributed by atoms with Crippen LogP contribution in [0.25, 0.3) is 11.1 Å². The average molecular weight is 485 g/mol. The van der Waals surface area contributed by atoms with Gasteiger partial charge in [-0.05, 0) is 107 Å². The summed E-state index contributed by atoms with van der Waals surface area (Å²) in [6.07, 6.45) is 1.72. The lowest BCUT2D eigenvalue weighted by atomic mass is 9.83. The lowest BCUT2D eigenvalue weighted by Gasteiger charge is -2.22. The van der Waals surface area contributed by atoms with Crippen molar-refractivity contribution in [1.29, 1.82) is 0 Å². The van der Waals surface area contributed by atoms with Gasteiger partial charge in [-0.25, -0.2) is 0 Å². The molecule has 0 aliphatic heterocycles. The fourth-order valence-corrected chi connectivity index (χ4v) is 4.87. The average Bonchev–Trinajstić information content (AvgIpc) is 2.75. The molecule has 3 aromatic rings. The molecule has 0 saturated carbocycles. The van der Waals surface area contributed by atoms with Gasteiger partial charge < -0.3 is 10.2 Å². The molecule has 192 valence electrons. The van der Waals surface area contributed by atoms with Gasteiger partial charge in [0.15, 0.2) is 0 Å². The quantitative estimate of drug-likeness (QED) is 0.413. The summed E-state index contributed by atoms with van der Waals surface area (Å²) < 4.78 is 0. The predicted molar refractivity (Wildman–Crippen MR) is 154 cm³/mol. The van der Waals surface area contributed by atoms with Gasteiger partial charge in [0.2, 0.25) is 0 Å². The third kappa shape index (κ3) is 6.22. The first-order chi connectivity index (χ1) is 16.6. The maximum atomic E-state index is 10.5. The molecule has 0 spiro atoms. The predicted octanol–water partition coefficient (Wildman–Crippen LogP) is 7.14. The Kier molecular flexibility index (Phi) is 7.79. The molecule has 0 aromatic heterocycles. The molecule has 0 bridgehead atoms. The number of hydrogen-bond donors (Lipinski definition) is 2. The first-order valence-electron chi connectivity index (χ1n) is 13.0. The molecule has 36 heavy (non-hydrogen) atoms. The Morgan fingerprint density at radius 1 is 0.583 bits per heavy atom. The van der Waals surface area contributed by atoms with Gasteiger partial charge in [-0.3, -0.25) is 0 Å². The minimum Gasteiger partial charge on any atom is -0.508 e. The second kappa shape index (κ2) is 10.2. The number of phenols is 2. The molecule has 0 amide bonds. The van der Waals surface area contributed by atoms with Crippen LogP contribution in [0.15, 0.2) is 48.5 Å². The van der Waals surface area contributed by atoms with Crippen molar-refractivity contribution in [3.8, 4) is 11.5 Å². The third-order valence-electron chi connectivity index (χ3n) is 7.31. The molecule has 0 unspecified atom stereocenters. The van der Waals surface area contributed by atoms with Gasteiger partial charge in [0.25, 0.3) is 0 Å². The number of phenolic OH excluding ortho intramolecular Hbond substituents is 2. The van der Waals surface area contributed by atoms with Crippen LogP contribution in [0.1, 0.15) is 88.8 Å². The van der Waals surface area contributed by atoms with Crippen molar-refractivity contribution in [1.82, 2.24) is 0 Å². The van der Waals surface area contributed by atoms with Gasteiger partial charge in [-0.1, -0.05) is 89.1 Å². The molecule has 2 N–H and O–H groups in total. The number of rotatable bonds is 4. The Morgan fingerprint density at radius 3 is 1.17 bits per heavy atom. The molecule has 3 rings (SSSR count). The minimum absolute atomic E-state index is 0.0983. The molecule has 2 heteroatoms. The van der Waals surface area contributed by atoms with Gasteiger partial charge in [-0.2, -0.15) is 0 Å². The van der Waals surface area contributed by atoms with E-state index in [1.165, 1.54) is 32.7 Å². The highest BCUT2D eigenvalue weighted by Crippen LogP contribution is 2.34. The minimum atomic E-state index is -0.0983. The molecule has 0 radical (unpaired) electrons. The number of benzene rings is 3. The van der Waals surface area contributed by atoms with Gasteiger partial charge in [0.05, 0.1) is 0 Å². The van der Waals surface area contributed by atoms with E-state index < -0.39 is 0 Å². The fourth-order valence-electron chi connectivity index (χ4n) is 4.87. The van der Waals surface area contributed by atoms with E-state index in [1.54, 1.807) is 0 Å². The van der Waals surface area contributed by atoms with Crippen LogP contribution < -0.4 is 10.4 Å². The lowest BCUT2D eigenvalue weighted by molar-refractivity contribution is 0.445. The lowest BCUT2D eigenvalue weighted by Crippen LogP contribution is -2.15. The van der Waals surface area contributed by atoms with Gasteiger partial charge >= 0.3 is 0 Å². The summed E-state index contributed by atoms with van der Waals surface area (Å²) in [4.78, 5) is 0. The monoisotopic (exact) mass is 484 g/mol. The molecule has 3 aromatic carbocycles. The molecular weight excluding hydrogens is 440 g/mol. The molecule has 0 aliphatic rings. The largest absolute Gasteiger partial charge is 0.508 e. The second-order valence-corrected chi connectivity index (χ2v) is 12.6. The maximum Gasteiger partial charge on any atom is 0.119 e. The van der Waals surface area contributed by atoms with Gasteiger partial charge in [-0.15, -0.1) is 0 Å². The topological polar surface area (TPSA) is 40.5 Å². The smallest absolute Gasteiger partial charge is 0.119 e. The Hall–Kier alpha value is -3.00. The zero-order valence-electron chi connectivity index (χ0n) is 23.9. The summed E-state index contributed by atoms with van der Waals surface area (Å²) in [5, 5.41) is 23.4. The van der Waals surface area contributed by atoms with Crippen molar-refractivity contribution in [2.75, 3.05) is 0 Å². The molecular formula is C34H44O2. The first kappa shape index (κ1) is 27.6. The molecule has 0 saturated heterocycles. The Labute approximate surface area is 218 Å². The Bertz CT molecular complexity index is 1260. The van der Waals surface area contributed by atoms with Crippen LogP contribution in [-0.4, -0.2) is 10.2 Å². The third-order valence-corrected chi connectivity index (χ3v) is 7.31. The van der Waals surface area contributed by atoms with Crippen LogP contribution in [0, 0.1) is 13.8 Å². The Balaban J connectivity index is 1.93. The van der Waals surface area contributed by atoms with Crippen molar-refractivity contribution in [2.45, 2.75) is 92.9 Å². The SMILES string of the molecule is CC(Cc1cc(C(C)(C)C)c(O)cc1C)=c1ccc(=C(C)Cc2cc(C(C)(C)C)c(O)cc2C)cc1. The summed E-state index contributed by atoms with van der Waals surface area (Å²) in [5.41, 5.74) is 9.20. The van der Waals surface area contributed by atoms with Crippen LogP contribution in [0.2, 0.25) is 0 Å². The van der Waals surface area contributed by atoms with Crippen molar-refractivity contribution in [3.05, 3.63) is 92.3 Å². The van der Waals surface area contributed by atoms with Crippen molar-refractivity contribution in [2.24, 2.45) is 0 Å². The summed E-state index contributed by atoms with van der Waals surface area (Å²) in [6, 6.07) is 17.0. The van der Waals surface area contributed by atoms with Crippen molar-refractivity contribution in [3.63, 3.8) is 0 Å². The number of hydrogen-bond acceptors (Lipinski definition) is 2. The van der Waals surface area contributed by atoms with E-state index in [2.05, 4.69) is 106 Å². The maximum absolute atomic E-state index is 10.5. The van der Waals surface area contributed by atoms with E-state index in [-0.39, 0.29) is 10.8 Å². The van der Waals surface area contributed by atoms with E-state index in [9.17, 15) is 10.2 Å². The van der Waals surface area contributed by atoms with Crippen molar-refractivity contribution >= 4 is 11.1 Å². The van der Waals surface area contributed by atoms with Gasteiger partial charge in [0.1, 0.15) is 11.5 Å². The van der Waals surface area contributed by atoms with Crippen molar-refractivity contribution < 1.29 is 10.2 Å². The first-order valence-corrected chi connectivity index (χ1v) is 13.0. The highest BCUT2D eigenvalue weighted by Gasteiger charge is 2.20. The summed E-state index contributed by atoms with van der Waals surface area (Å²) in [7, 11) is 0. The molecule has 0 atom stereocenters. The molecule has 0 fully saturated rings. The fraction of sp³-hybridized carbons (Fsp3) is 0.412. The number of aryl methyl sites for hydroxylation is 2. The van der Waals surface area contributed by atoms with Crippen LogP contribution in [-0.2, 0) is 23.7 Å². The molecule has 2 nitrogen and oxygen atoms in total. The summed E-state index contributed by atoms with van der Waals surface area (Å²) >= 11 is 0. The van der Waals surface area contributed by atoms with Crippen LogP contribution >= 0.6 is 0 Å². The van der Waals surface area contributed by atoms with E-state index in [4.69, 9.17) is 0 Å². The highest BCUT2D eigenvalue weighted by molar-refractivity contribution is 5.55. The van der Waals surface area contributed by atoms with Crippen LogP contribution in [0.4, 0.5) is 0 Å². The standard InChI is InChI=1S/C34H44O2/c1-21(15-27-19-29(33(5,6)7)31(35)17-23(27)3)25-11-13-26(14-12-25)22(2)16-28-20-30(34(8,9)10)32(36)18-24(28)4/h11-14,17-20,35-36H,15-16H2,1-10H3. The van der Waals surface area contributed by atoms with Crippen LogP contribution in [0.5, 0.6) is 11.5 Å². The zero-order chi connectivity index (χ0) is 27.0. The normalized spacial score (nSPS) is 12.1. The second-order valence-electron chi connectivity index (χ2n) is 12.6. The number of aromatic hydroxyl groups is 2. The van der Waals surface area contributed by atoms with E-state index >= 15 is 0 Å². The Morgan fingerprint density at radius 2 is 0.889 bits per heavy atom. The summed E-state index contributed by atoms with van der Waals surface area (Å²) in [5.74, 6) is 0.769. The molecule has 0 aliphatic carbocycles.